The highest BCUT2D eigenvalue weighted by molar-refractivity contribution is 5.94. The van der Waals surface area contributed by atoms with Gasteiger partial charge in [0, 0.05) is 11.1 Å². The van der Waals surface area contributed by atoms with Gasteiger partial charge in [-0.2, -0.15) is 26.3 Å². The molecule has 1 N–H and O–H groups in total. The third-order valence-corrected chi connectivity index (χ3v) is 3.51. The van der Waals surface area contributed by atoms with Crippen LogP contribution < -0.4 is 10.1 Å². The smallest absolute Gasteiger partial charge is 0.416 e. The first-order valence-corrected chi connectivity index (χ1v) is 7.71. The van der Waals surface area contributed by atoms with E-state index in [0.717, 1.165) is 0 Å². The topological polar surface area (TPSA) is 38.3 Å². The molecule has 0 bridgehead atoms. The second kappa shape index (κ2) is 8.25. The summed E-state index contributed by atoms with van der Waals surface area (Å²) in [6.07, 6.45) is -10.0. The lowest BCUT2D eigenvalue weighted by Crippen LogP contribution is -2.25. The Morgan fingerprint density at radius 2 is 1.50 bits per heavy atom. The van der Waals surface area contributed by atoms with E-state index < -0.39 is 35.0 Å². The van der Waals surface area contributed by atoms with Gasteiger partial charge in [-0.1, -0.05) is 11.8 Å². The standard InChI is InChI=1S/C19H13F6NO2/c1-28-16-6-4-12(5-7-16)3-2-8-26-17(27)13-9-14(18(20,21)22)11-15(10-13)19(23,24)25/h4-7,9-11H,8H2,1H3,(H,26,27). The Morgan fingerprint density at radius 1 is 0.964 bits per heavy atom. The molecule has 0 heterocycles. The van der Waals surface area contributed by atoms with Crippen LogP contribution in [-0.4, -0.2) is 19.6 Å². The third kappa shape index (κ3) is 5.67. The van der Waals surface area contributed by atoms with Crippen LogP contribution in [0.1, 0.15) is 27.0 Å². The average Bonchev–Trinajstić information content (AvgIpc) is 2.63. The third-order valence-electron chi connectivity index (χ3n) is 3.51. The highest BCUT2D eigenvalue weighted by Crippen LogP contribution is 2.36. The molecule has 0 spiro atoms. The van der Waals surface area contributed by atoms with Crippen LogP contribution in [0.15, 0.2) is 42.5 Å². The zero-order valence-corrected chi connectivity index (χ0v) is 14.3. The van der Waals surface area contributed by atoms with Crippen molar-refractivity contribution in [3.63, 3.8) is 0 Å². The maximum absolute atomic E-state index is 12.8. The molecule has 0 aliphatic carbocycles. The van der Waals surface area contributed by atoms with Crippen molar-refractivity contribution >= 4 is 5.91 Å². The fourth-order valence-corrected chi connectivity index (χ4v) is 2.13. The number of carbonyl (C=O) groups excluding carboxylic acids is 1. The van der Waals surface area contributed by atoms with Crippen LogP contribution in [0.25, 0.3) is 0 Å². The van der Waals surface area contributed by atoms with E-state index in [2.05, 4.69) is 17.2 Å². The lowest BCUT2D eigenvalue weighted by molar-refractivity contribution is -0.143. The lowest BCUT2D eigenvalue weighted by Gasteiger charge is -2.13. The van der Waals surface area contributed by atoms with Crippen molar-refractivity contribution in [1.29, 1.82) is 0 Å². The zero-order chi connectivity index (χ0) is 20.9. The molecule has 2 rings (SSSR count). The molecule has 0 radical (unpaired) electrons. The molecule has 0 aliphatic rings. The number of hydrogen-bond acceptors (Lipinski definition) is 2. The summed E-state index contributed by atoms with van der Waals surface area (Å²) in [4.78, 5) is 12.0. The largest absolute Gasteiger partial charge is 0.497 e. The summed E-state index contributed by atoms with van der Waals surface area (Å²) < 4.78 is 81.9. The predicted octanol–water partition coefficient (Wildman–Crippen LogP) is 4.51. The van der Waals surface area contributed by atoms with E-state index >= 15 is 0 Å². The van der Waals surface area contributed by atoms with Gasteiger partial charge in [0.05, 0.1) is 24.8 Å². The lowest BCUT2D eigenvalue weighted by atomic mass is 10.0. The molecule has 1 amide bonds. The summed E-state index contributed by atoms with van der Waals surface area (Å²) >= 11 is 0. The minimum absolute atomic E-state index is 0.0414. The summed E-state index contributed by atoms with van der Waals surface area (Å²) in [5, 5.41) is 2.18. The van der Waals surface area contributed by atoms with Crippen molar-refractivity contribution in [2.24, 2.45) is 0 Å². The van der Waals surface area contributed by atoms with Gasteiger partial charge in [0.15, 0.2) is 0 Å². The van der Waals surface area contributed by atoms with E-state index in [0.29, 0.717) is 23.4 Å². The number of halogens is 6. The SMILES string of the molecule is COc1ccc(C#CCNC(=O)c2cc(C(F)(F)F)cc(C(F)(F)F)c2)cc1. The predicted molar refractivity (Wildman–Crippen MR) is 88.7 cm³/mol. The van der Waals surface area contributed by atoms with Gasteiger partial charge >= 0.3 is 12.4 Å². The number of benzene rings is 2. The zero-order valence-electron chi connectivity index (χ0n) is 14.3. The second-order valence-electron chi connectivity index (χ2n) is 5.51. The van der Waals surface area contributed by atoms with Crippen LogP contribution in [0.4, 0.5) is 26.3 Å². The molecule has 0 saturated carbocycles. The van der Waals surface area contributed by atoms with Crippen molar-refractivity contribution in [2.45, 2.75) is 12.4 Å². The maximum Gasteiger partial charge on any atom is 0.416 e. The van der Waals surface area contributed by atoms with E-state index in [1.54, 1.807) is 24.3 Å². The minimum Gasteiger partial charge on any atom is -0.497 e. The number of nitrogens with one attached hydrogen (secondary N) is 1. The molecule has 2 aromatic rings. The second-order valence-corrected chi connectivity index (χ2v) is 5.51. The Balaban J connectivity index is 2.14. The summed E-state index contributed by atoms with van der Waals surface area (Å²) in [6, 6.07) is 7.29. The quantitative estimate of drug-likeness (QED) is 0.607. The maximum atomic E-state index is 12.8. The molecule has 0 unspecified atom stereocenters. The Bertz CT molecular complexity index is 873. The molecule has 0 aliphatic heterocycles. The van der Waals surface area contributed by atoms with Crippen molar-refractivity contribution < 1.29 is 35.9 Å². The van der Waals surface area contributed by atoms with Crippen LogP contribution in [0.2, 0.25) is 0 Å². The Labute approximate surface area is 156 Å². The molecule has 0 fully saturated rings. The van der Waals surface area contributed by atoms with E-state index in [1.807, 2.05) is 0 Å². The van der Waals surface area contributed by atoms with Gasteiger partial charge in [-0.05, 0) is 42.5 Å². The summed E-state index contributed by atoms with van der Waals surface area (Å²) in [5.41, 5.74) is -3.28. The van der Waals surface area contributed by atoms with Crippen molar-refractivity contribution in [2.75, 3.05) is 13.7 Å². The Hall–Kier alpha value is -3.15. The molecule has 0 atom stereocenters. The molecule has 0 saturated heterocycles. The van der Waals surface area contributed by atoms with Crippen LogP contribution >= 0.6 is 0 Å². The Kier molecular flexibility index (Phi) is 6.23. The average molecular weight is 401 g/mol. The highest BCUT2D eigenvalue weighted by Gasteiger charge is 2.37. The molecule has 2 aromatic carbocycles. The van der Waals surface area contributed by atoms with Crippen LogP contribution in [0.5, 0.6) is 5.75 Å². The Morgan fingerprint density at radius 3 is 1.96 bits per heavy atom. The van der Waals surface area contributed by atoms with E-state index in [9.17, 15) is 31.1 Å². The molecule has 0 aromatic heterocycles. The fourth-order valence-electron chi connectivity index (χ4n) is 2.13. The number of carbonyl (C=O) groups is 1. The van der Waals surface area contributed by atoms with Crippen molar-refractivity contribution in [3.05, 3.63) is 64.7 Å². The van der Waals surface area contributed by atoms with E-state index in [-0.39, 0.29) is 12.6 Å². The first-order chi connectivity index (χ1) is 13.0. The van der Waals surface area contributed by atoms with E-state index in [4.69, 9.17) is 4.74 Å². The minimum atomic E-state index is -5.02. The number of amides is 1. The normalized spacial score (nSPS) is 11.4. The summed E-state index contributed by atoms with van der Waals surface area (Å²) in [7, 11) is 1.49. The van der Waals surface area contributed by atoms with Gasteiger partial charge in [0.2, 0.25) is 0 Å². The number of rotatable bonds is 3. The summed E-state index contributed by atoms with van der Waals surface area (Å²) in [6.45, 7) is -0.261. The van der Waals surface area contributed by atoms with Gasteiger partial charge < -0.3 is 10.1 Å². The molecular weight excluding hydrogens is 388 g/mol. The number of alkyl halides is 6. The number of ether oxygens (including phenoxy) is 1. The monoisotopic (exact) mass is 401 g/mol. The first kappa shape index (κ1) is 21.2. The van der Waals surface area contributed by atoms with Crippen LogP contribution in [0.3, 0.4) is 0 Å². The van der Waals surface area contributed by atoms with Gasteiger partial charge in [-0.15, -0.1) is 0 Å². The number of methoxy groups -OCH3 is 1. The van der Waals surface area contributed by atoms with Crippen molar-refractivity contribution in [1.82, 2.24) is 5.32 Å². The molecule has 3 nitrogen and oxygen atoms in total. The first-order valence-electron chi connectivity index (χ1n) is 7.71. The fraction of sp³-hybridized carbons (Fsp3) is 0.211. The molecule has 9 heteroatoms. The van der Waals surface area contributed by atoms with Crippen molar-refractivity contribution in [3.8, 4) is 17.6 Å². The summed E-state index contributed by atoms with van der Waals surface area (Å²) in [5.74, 6) is 4.77. The molecular formula is C19H13F6NO2. The van der Waals surface area contributed by atoms with E-state index in [1.165, 1.54) is 7.11 Å². The molecule has 28 heavy (non-hydrogen) atoms. The number of hydrogen-bond donors (Lipinski definition) is 1. The highest BCUT2D eigenvalue weighted by atomic mass is 19.4. The van der Waals surface area contributed by atoms with Gasteiger partial charge in [-0.25, -0.2) is 0 Å². The van der Waals surface area contributed by atoms with Gasteiger partial charge in [0.1, 0.15) is 5.75 Å². The van der Waals surface area contributed by atoms with Gasteiger partial charge in [0.25, 0.3) is 5.91 Å². The van der Waals surface area contributed by atoms with Crippen LogP contribution in [-0.2, 0) is 12.4 Å². The van der Waals surface area contributed by atoms with Gasteiger partial charge in [-0.3, -0.25) is 4.79 Å². The molecule has 148 valence electrons. The van der Waals surface area contributed by atoms with Crippen LogP contribution in [0, 0.1) is 11.8 Å².